The third-order valence-electron chi connectivity index (χ3n) is 18.0. The number of Topliss-reactive ketones (excluding diaryl/α,β-unsaturated/α-hetero) is 1. The molecule has 0 bridgehead atoms. The number of carbonyl (C=O) groups is 4. The molecule has 9 heteroatoms. The van der Waals surface area contributed by atoms with Crippen LogP contribution in [-0.4, -0.2) is 65.0 Å². The lowest BCUT2D eigenvalue weighted by Gasteiger charge is -2.71. The van der Waals surface area contributed by atoms with Crippen LogP contribution in [0.25, 0.3) is 0 Å². The number of carbonyl (C=O) groups excluding carboxylic acids is 3. The Kier molecular flexibility index (Phi) is 8.97. The van der Waals surface area contributed by atoms with E-state index in [1.165, 1.54) is 5.57 Å². The Bertz CT molecular complexity index is 1810. The lowest BCUT2D eigenvalue weighted by molar-refractivity contribution is -0.232. The van der Waals surface area contributed by atoms with Crippen molar-refractivity contribution < 1.29 is 33.8 Å². The number of amides is 1. The van der Waals surface area contributed by atoms with Gasteiger partial charge in [-0.05, 0) is 128 Å². The van der Waals surface area contributed by atoms with Gasteiger partial charge < -0.3 is 19.5 Å². The highest BCUT2D eigenvalue weighted by atomic mass is 35.5. The Morgan fingerprint density at radius 3 is 2.40 bits per heavy atom. The van der Waals surface area contributed by atoms with Gasteiger partial charge in [-0.25, -0.2) is 0 Å². The van der Waals surface area contributed by atoms with Crippen molar-refractivity contribution in [2.24, 2.45) is 68.0 Å². The molecule has 302 valence electrons. The Morgan fingerprint density at radius 1 is 1.02 bits per heavy atom. The minimum atomic E-state index is -1.17. The molecule has 2 spiro atoms. The zero-order chi connectivity index (χ0) is 39.9. The van der Waals surface area contributed by atoms with E-state index < -0.39 is 23.0 Å². The lowest BCUT2D eigenvalue weighted by Crippen LogP contribution is -2.65. The Hall–Kier alpha value is -2.45. The van der Waals surface area contributed by atoms with Gasteiger partial charge in [-0.2, -0.15) is 0 Å². The highest BCUT2D eigenvalue weighted by Gasteiger charge is 2.87. The first-order chi connectivity index (χ1) is 25.6. The second-order valence-corrected chi connectivity index (χ2v) is 22.0. The van der Waals surface area contributed by atoms with Gasteiger partial charge in [0.15, 0.2) is 5.78 Å². The van der Waals surface area contributed by atoms with Gasteiger partial charge in [0, 0.05) is 34.7 Å². The van der Waals surface area contributed by atoms with Crippen LogP contribution in [0.15, 0.2) is 34.4 Å². The number of ketones is 1. The van der Waals surface area contributed by atoms with E-state index in [1.54, 1.807) is 13.8 Å². The molecule has 11 atom stereocenters. The van der Waals surface area contributed by atoms with E-state index in [2.05, 4.69) is 54.5 Å². The van der Waals surface area contributed by atoms with Crippen LogP contribution in [0.3, 0.4) is 0 Å². The van der Waals surface area contributed by atoms with Crippen LogP contribution < -0.4 is 0 Å². The van der Waals surface area contributed by atoms with E-state index in [-0.39, 0.29) is 69.9 Å². The molecule has 1 heterocycles. The third-order valence-corrected chi connectivity index (χ3v) is 18.2. The van der Waals surface area contributed by atoms with Crippen molar-refractivity contribution >= 4 is 35.2 Å². The van der Waals surface area contributed by atoms with Crippen LogP contribution in [0.4, 0.5) is 0 Å². The Labute approximate surface area is 333 Å². The monoisotopic (exact) mass is 777 g/mol. The molecule has 6 fully saturated rings. The van der Waals surface area contributed by atoms with Crippen molar-refractivity contribution in [3.8, 4) is 0 Å². The average molecular weight is 778 g/mol. The standard InChI is InChI=1S/C46H64ClNO7/c1-26(2)37-30(49)20-45-33(46(45)25-48(35(50)24-54-46)23-27-10-12-28(47)13-11-27)21-44(9)29(38(37)45)14-15-32-42(7)18-17-34(55-36(51)22-40(3,4)39(52)53)41(5,6)31(42)16-19-43(32,44)8/h10,12-13,26-27,29,31-34H,11,14-25H2,1-9H3,(H,52,53). The van der Waals surface area contributed by atoms with E-state index in [1.807, 2.05) is 17.1 Å². The summed E-state index contributed by atoms with van der Waals surface area (Å²) in [5, 5.41) is 10.4. The zero-order valence-corrected chi connectivity index (χ0v) is 35.4. The molecule has 8 nitrogen and oxygen atoms in total. The Morgan fingerprint density at radius 2 is 1.75 bits per heavy atom. The van der Waals surface area contributed by atoms with Crippen molar-refractivity contribution in [1.29, 1.82) is 0 Å². The van der Waals surface area contributed by atoms with Crippen molar-refractivity contribution in [3.05, 3.63) is 34.4 Å². The maximum absolute atomic E-state index is 14.3. The summed E-state index contributed by atoms with van der Waals surface area (Å²) >= 11 is 6.25. The number of ether oxygens (including phenoxy) is 2. The summed E-state index contributed by atoms with van der Waals surface area (Å²) < 4.78 is 13.1. The number of nitrogens with zero attached hydrogens (tertiary/aromatic N) is 1. The Balaban J connectivity index is 1.11. The molecule has 5 saturated carbocycles. The van der Waals surface area contributed by atoms with Crippen LogP contribution in [0, 0.1) is 68.0 Å². The normalized spacial score (nSPS) is 44.3. The summed E-state index contributed by atoms with van der Waals surface area (Å²) in [6.45, 7) is 21.0. The maximum Gasteiger partial charge on any atom is 0.309 e. The number of carboxylic acid groups (broad SMARTS) is 1. The summed E-state index contributed by atoms with van der Waals surface area (Å²) in [5.41, 5.74) is 0.155. The lowest BCUT2D eigenvalue weighted by atomic mass is 9.33. The maximum atomic E-state index is 14.3. The van der Waals surface area contributed by atoms with Crippen LogP contribution in [0.2, 0.25) is 0 Å². The number of morpholine rings is 1. The number of hydrogen-bond donors (Lipinski definition) is 1. The highest BCUT2D eigenvalue weighted by molar-refractivity contribution is 6.31. The molecule has 8 aliphatic rings. The first kappa shape index (κ1) is 39.4. The summed E-state index contributed by atoms with van der Waals surface area (Å²) in [4.78, 5) is 54.9. The van der Waals surface area contributed by atoms with Crippen molar-refractivity contribution in [2.45, 2.75) is 138 Å². The van der Waals surface area contributed by atoms with Gasteiger partial charge in [-0.3, -0.25) is 19.2 Å². The van der Waals surface area contributed by atoms with Gasteiger partial charge >= 0.3 is 11.9 Å². The smallest absolute Gasteiger partial charge is 0.309 e. The van der Waals surface area contributed by atoms with Gasteiger partial charge in [0.05, 0.1) is 18.4 Å². The zero-order valence-electron chi connectivity index (χ0n) is 34.7. The number of halogens is 1. The highest BCUT2D eigenvalue weighted by Crippen LogP contribution is 2.86. The molecule has 8 rings (SSSR count). The molecule has 11 unspecified atom stereocenters. The molecule has 1 amide bonds. The SMILES string of the molecule is CC(C)C1=C2C3CCC4C5(C)CCC(OC(=O)CC(C)(C)C(=O)O)C(C)(C)C5CCC4(C)C3(C)CC3C4(CN(CC5C=CC(Cl)=CC5)C(=O)CO4)C23CC1=O. The van der Waals surface area contributed by atoms with Gasteiger partial charge in [-0.15, -0.1) is 0 Å². The fraction of sp³-hybridized carbons (Fsp3) is 0.783. The van der Waals surface area contributed by atoms with E-state index in [9.17, 15) is 24.3 Å². The topological polar surface area (TPSA) is 110 Å². The van der Waals surface area contributed by atoms with E-state index in [0.29, 0.717) is 43.0 Å². The van der Waals surface area contributed by atoms with Gasteiger partial charge in [0.1, 0.15) is 18.3 Å². The van der Waals surface area contributed by atoms with Gasteiger partial charge in [0.25, 0.3) is 0 Å². The molecule has 1 aliphatic heterocycles. The number of aliphatic carboxylic acids is 1. The van der Waals surface area contributed by atoms with Crippen molar-refractivity contribution in [1.82, 2.24) is 4.90 Å². The number of fused-ring (bicyclic) bond motifs is 7. The van der Waals surface area contributed by atoms with Crippen LogP contribution in [0.1, 0.15) is 127 Å². The summed E-state index contributed by atoms with van der Waals surface area (Å²) in [5.74, 6) is 0.551. The molecule has 0 aromatic carbocycles. The second kappa shape index (κ2) is 12.5. The minimum absolute atomic E-state index is 0.0195. The molecule has 0 radical (unpaired) electrons. The van der Waals surface area contributed by atoms with Gasteiger partial charge in [-0.1, -0.05) is 72.2 Å². The molecule has 1 N–H and O–H groups in total. The fourth-order valence-corrected chi connectivity index (χ4v) is 15.2. The predicted octanol–water partition coefficient (Wildman–Crippen LogP) is 8.92. The van der Waals surface area contributed by atoms with Crippen molar-refractivity contribution in [2.75, 3.05) is 19.7 Å². The molecule has 0 aromatic heterocycles. The minimum Gasteiger partial charge on any atom is -0.481 e. The predicted molar refractivity (Wildman–Crippen MR) is 211 cm³/mol. The summed E-state index contributed by atoms with van der Waals surface area (Å²) in [6, 6.07) is 0. The third kappa shape index (κ3) is 5.30. The molecule has 1 saturated heterocycles. The summed E-state index contributed by atoms with van der Waals surface area (Å²) in [6.07, 6.45) is 14.0. The molecular weight excluding hydrogens is 714 g/mol. The first-order valence-corrected chi connectivity index (χ1v) is 21.6. The quantitative estimate of drug-likeness (QED) is 0.257. The first-order valence-electron chi connectivity index (χ1n) is 21.3. The summed E-state index contributed by atoms with van der Waals surface area (Å²) in [7, 11) is 0. The molecule has 7 aliphatic carbocycles. The fourth-order valence-electron chi connectivity index (χ4n) is 15.1. The number of carboxylic acids is 1. The molecule has 0 aromatic rings. The number of rotatable bonds is 7. The average Bonchev–Trinajstić information content (AvgIpc) is 3.42. The molecular formula is C46H64ClNO7. The van der Waals surface area contributed by atoms with E-state index in [4.69, 9.17) is 21.1 Å². The number of allylic oxidation sites excluding steroid dienone is 4. The number of esters is 1. The largest absolute Gasteiger partial charge is 0.481 e. The second-order valence-electron chi connectivity index (χ2n) is 21.5. The van der Waals surface area contributed by atoms with E-state index >= 15 is 0 Å². The van der Waals surface area contributed by atoms with Crippen LogP contribution in [-0.2, 0) is 28.7 Å². The van der Waals surface area contributed by atoms with Crippen molar-refractivity contribution in [3.63, 3.8) is 0 Å². The number of hydrogen-bond acceptors (Lipinski definition) is 6. The van der Waals surface area contributed by atoms with Crippen LogP contribution >= 0.6 is 11.6 Å². The van der Waals surface area contributed by atoms with E-state index in [0.717, 1.165) is 62.0 Å². The van der Waals surface area contributed by atoms with Crippen LogP contribution in [0.5, 0.6) is 0 Å². The molecule has 55 heavy (non-hydrogen) atoms. The van der Waals surface area contributed by atoms with Gasteiger partial charge in [0.2, 0.25) is 5.91 Å².